The molecular weight excluding hydrogens is 246 g/mol. The van der Waals surface area contributed by atoms with E-state index in [0.717, 1.165) is 19.3 Å². The molecule has 2 saturated heterocycles. The first-order valence-corrected chi connectivity index (χ1v) is 7.24. The van der Waals surface area contributed by atoms with Gasteiger partial charge in [-0.15, -0.1) is 0 Å². The van der Waals surface area contributed by atoms with Gasteiger partial charge in [-0.1, -0.05) is 6.92 Å². The van der Waals surface area contributed by atoms with Crippen molar-refractivity contribution in [3.05, 3.63) is 0 Å². The average molecular weight is 269 g/mol. The molecule has 5 heteroatoms. The van der Waals surface area contributed by atoms with Gasteiger partial charge in [0.1, 0.15) is 12.1 Å². The van der Waals surface area contributed by atoms with Crippen molar-refractivity contribution in [1.29, 1.82) is 0 Å². The maximum absolute atomic E-state index is 12.5. The summed E-state index contributed by atoms with van der Waals surface area (Å²) in [6.45, 7) is 5.44. The number of esters is 1. The summed E-state index contributed by atoms with van der Waals surface area (Å²) in [5.41, 5.74) is 0. The largest absolute Gasteiger partial charge is 0.464 e. The second-order valence-corrected chi connectivity index (χ2v) is 5.35. The second kappa shape index (κ2) is 6.37. The number of hydrogen-bond donors (Lipinski definition) is 0. The van der Waals surface area contributed by atoms with E-state index in [0.29, 0.717) is 26.2 Å². The van der Waals surface area contributed by atoms with Gasteiger partial charge in [-0.2, -0.15) is 0 Å². The van der Waals surface area contributed by atoms with E-state index in [1.807, 2.05) is 6.92 Å². The summed E-state index contributed by atoms with van der Waals surface area (Å²) in [6, 6.07) is -0.419. The monoisotopic (exact) mass is 269 g/mol. The summed E-state index contributed by atoms with van der Waals surface area (Å²) in [5, 5.41) is 0. The Kier molecular flexibility index (Phi) is 4.80. The van der Waals surface area contributed by atoms with E-state index in [9.17, 15) is 9.59 Å². The van der Waals surface area contributed by atoms with Crippen molar-refractivity contribution in [3.8, 4) is 0 Å². The van der Waals surface area contributed by atoms with Gasteiger partial charge in [-0.05, 0) is 38.5 Å². The molecule has 0 aliphatic carbocycles. The van der Waals surface area contributed by atoms with Crippen LogP contribution in [0.5, 0.6) is 0 Å². The topological polar surface area (TPSA) is 55.8 Å². The minimum atomic E-state index is -0.419. The summed E-state index contributed by atoms with van der Waals surface area (Å²) in [5.74, 6) is -0.0822. The maximum atomic E-state index is 12.5. The summed E-state index contributed by atoms with van der Waals surface area (Å²) >= 11 is 0. The highest BCUT2D eigenvalue weighted by atomic mass is 16.5. The van der Waals surface area contributed by atoms with Crippen LogP contribution in [0.2, 0.25) is 0 Å². The average Bonchev–Trinajstić information content (AvgIpc) is 2.84. The SMILES string of the molecule is CCOC(=O)C1CCCCN1C(=O)C1OCCC1C. The zero-order valence-corrected chi connectivity index (χ0v) is 11.8. The van der Waals surface area contributed by atoms with Crippen LogP contribution in [0.25, 0.3) is 0 Å². The number of piperidine rings is 1. The predicted octanol–water partition coefficient (Wildman–Crippen LogP) is 1.36. The third kappa shape index (κ3) is 3.08. The van der Waals surface area contributed by atoms with Crippen molar-refractivity contribution in [3.63, 3.8) is 0 Å². The van der Waals surface area contributed by atoms with Gasteiger partial charge in [0, 0.05) is 13.2 Å². The molecule has 3 atom stereocenters. The van der Waals surface area contributed by atoms with E-state index >= 15 is 0 Å². The highest BCUT2D eigenvalue weighted by Crippen LogP contribution is 2.26. The zero-order valence-electron chi connectivity index (χ0n) is 11.8. The lowest BCUT2D eigenvalue weighted by Crippen LogP contribution is -2.52. The van der Waals surface area contributed by atoms with Crippen LogP contribution in [-0.4, -0.2) is 48.7 Å². The molecule has 0 radical (unpaired) electrons. The molecule has 0 N–H and O–H groups in total. The molecule has 0 bridgehead atoms. The lowest BCUT2D eigenvalue weighted by atomic mass is 9.98. The third-order valence-corrected chi connectivity index (χ3v) is 3.98. The van der Waals surface area contributed by atoms with Gasteiger partial charge < -0.3 is 14.4 Å². The Labute approximate surface area is 114 Å². The van der Waals surface area contributed by atoms with Crippen LogP contribution in [0.4, 0.5) is 0 Å². The minimum absolute atomic E-state index is 0.0391. The molecule has 2 aliphatic heterocycles. The van der Waals surface area contributed by atoms with Crippen LogP contribution in [0.3, 0.4) is 0 Å². The van der Waals surface area contributed by atoms with E-state index in [1.54, 1.807) is 11.8 Å². The third-order valence-electron chi connectivity index (χ3n) is 3.98. The van der Waals surface area contributed by atoms with Crippen molar-refractivity contribution in [2.45, 2.75) is 51.7 Å². The first-order valence-electron chi connectivity index (χ1n) is 7.24. The van der Waals surface area contributed by atoms with Crippen LogP contribution >= 0.6 is 0 Å². The number of carbonyl (C=O) groups excluding carboxylic acids is 2. The molecule has 0 spiro atoms. The number of ether oxygens (including phenoxy) is 2. The number of carbonyl (C=O) groups is 2. The summed E-state index contributed by atoms with van der Waals surface area (Å²) < 4.78 is 10.6. The summed E-state index contributed by atoms with van der Waals surface area (Å²) in [7, 11) is 0. The van der Waals surface area contributed by atoms with Gasteiger partial charge in [0.25, 0.3) is 5.91 Å². The molecule has 0 aromatic rings. The van der Waals surface area contributed by atoms with Crippen LogP contribution in [-0.2, 0) is 19.1 Å². The lowest BCUT2D eigenvalue weighted by Gasteiger charge is -2.36. The Hall–Kier alpha value is -1.10. The molecule has 0 saturated carbocycles. The molecule has 0 aromatic carbocycles. The van der Waals surface area contributed by atoms with Gasteiger partial charge in [0.2, 0.25) is 0 Å². The molecule has 3 unspecified atom stereocenters. The predicted molar refractivity (Wildman–Crippen MR) is 69.5 cm³/mol. The molecule has 2 rings (SSSR count). The van der Waals surface area contributed by atoms with Crippen LogP contribution < -0.4 is 0 Å². The molecule has 2 heterocycles. The Morgan fingerprint density at radius 3 is 2.74 bits per heavy atom. The van der Waals surface area contributed by atoms with Crippen molar-refractivity contribution >= 4 is 11.9 Å². The first kappa shape index (κ1) is 14.3. The molecule has 19 heavy (non-hydrogen) atoms. The highest BCUT2D eigenvalue weighted by Gasteiger charge is 2.40. The molecule has 2 fully saturated rings. The zero-order chi connectivity index (χ0) is 13.8. The van der Waals surface area contributed by atoms with Gasteiger partial charge in [0.05, 0.1) is 6.61 Å². The van der Waals surface area contributed by atoms with Gasteiger partial charge >= 0.3 is 5.97 Å². The Morgan fingerprint density at radius 1 is 1.32 bits per heavy atom. The second-order valence-electron chi connectivity index (χ2n) is 5.35. The van der Waals surface area contributed by atoms with Gasteiger partial charge in [0.15, 0.2) is 0 Å². The van der Waals surface area contributed by atoms with Crippen LogP contribution in [0, 0.1) is 5.92 Å². The number of amides is 1. The van der Waals surface area contributed by atoms with E-state index in [4.69, 9.17) is 9.47 Å². The molecular formula is C14H23NO4. The minimum Gasteiger partial charge on any atom is -0.464 e. The number of nitrogens with zero attached hydrogens (tertiary/aromatic N) is 1. The maximum Gasteiger partial charge on any atom is 0.328 e. The van der Waals surface area contributed by atoms with Crippen molar-refractivity contribution in [2.75, 3.05) is 19.8 Å². The quantitative estimate of drug-likeness (QED) is 0.726. The Bertz CT molecular complexity index is 344. The highest BCUT2D eigenvalue weighted by molar-refractivity contribution is 5.87. The standard InChI is InChI=1S/C14H23NO4/c1-3-18-14(17)11-6-4-5-8-15(11)13(16)12-10(2)7-9-19-12/h10-12H,3-9H2,1-2H3. The molecule has 2 aliphatic rings. The molecule has 108 valence electrons. The number of rotatable bonds is 3. The Morgan fingerprint density at radius 2 is 2.11 bits per heavy atom. The smallest absolute Gasteiger partial charge is 0.328 e. The van der Waals surface area contributed by atoms with E-state index in [1.165, 1.54) is 0 Å². The fourth-order valence-corrected chi connectivity index (χ4v) is 2.85. The lowest BCUT2D eigenvalue weighted by molar-refractivity contribution is -0.160. The molecule has 0 aromatic heterocycles. The summed E-state index contributed by atoms with van der Waals surface area (Å²) in [6.07, 6.45) is 3.15. The van der Waals surface area contributed by atoms with Gasteiger partial charge in [-0.25, -0.2) is 4.79 Å². The number of likely N-dealkylation sites (tertiary alicyclic amines) is 1. The van der Waals surface area contributed by atoms with Gasteiger partial charge in [-0.3, -0.25) is 4.79 Å². The van der Waals surface area contributed by atoms with Crippen LogP contribution in [0.15, 0.2) is 0 Å². The van der Waals surface area contributed by atoms with E-state index in [2.05, 4.69) is 0 Å². The van der Waals surface area contributed by atoms with E-state index < -0.39 is 6.04 Å². The first-order chi connectivity index (χ1) is 9.15. The Balaban J connectivity index is 2.06. The van der Waals surface area contributed by atoms with Crippen molar-refractivity contribution < 1.29 is 19.1 Å². The molecule has 5 nitrogen and oxygen atoms in total. The van der Waals surface area contributed by atoms with Crippen molar-refractivity contribution in [1.82, 2.24) is 4.90 Å². The van der Waals surface area contributed by atoms with Crippen LogP contribution in [0.1, 0.15) is 39.5 Å². The summed E-state index contributed by atoms with van der Waals surface area (Å²) in [4.78, 5) is 26.2. The normalized spacial score (nSPS) is 31.3. The number of hydrogen-bond acceptors (Lipinski definition) is 4. The van der Waals surface area contributed by atoms with E-state index in [-0.39, 0.29) is 23.9 Å². The van der Waals surface area contributed by atoms with Crippen molar-refractivity contribution in [2.24, 2.45) is 5.92 Å². The molecule has 1 amide bonds. The fourth-order valence-electron chi connectivity index (χ4n) is 2.85. The fraction of sp³-hybridized carbons (Fsp3) is 0.857.